The van der Waals surface area contributed by atoms with Crippen molar-refractivity contribution in [3.63, 3.8) is 0 Å². The Balaban J connectivity index is 1.11. The van der Waals surface area contributed by atoms with E-state index in [0.717, 1.165) is 27.5 Å². The Morgan fingerprint density at radius 2 is 1.67 bits per heavy atom. The number of hydrogen-bond donors (Lipinski definition) is 1. The number of hydrogen-bond acceptors (Lipinski definition) is 9. The number of amides is 2. The lowest BCUT2D eigenvalue weighted by atomic mass is 9.68. The number of aromatic nitrogens is 1. The van der Waals surface area contributed by atoms with E-state index in [1.54, 1.807) is 50.1 Å². The molecule has 2 aliphatic heterocycles. The summed E-state index contributed by atoms with van der Waals surface area (Å²) in [5.74, 6) is -0.576. The molecule has 9 nitrogen and oxygen atoms in total. The molecule has 8 rings (SSSR count). The topological polar surface area (TPSA) is 115 Å². The molecule has 2 bridgehead atoms. The number of imide groups is 1. The normalized spacial score (nSPS) is 26.6. The second kappa shape index (κ2) is 12.0. The number of carbonyl (C=O) groups excluding carboxylic acids is 3. The monoisotopic (exact) mass is 682 g/mol. The van der Waals surface area contributed by atoms with Gasteiger partial charge >= 0.3 is 10.8 Å². The third-order valence-electron chi connectivity index (χ3n) is 10.4. The highest BCUT2D eigenvalue weighted by atomic mass is 32.2. The Morgan fingerprint density at radius 1 is 0.938 bits per heavy atom. The zero-order chi connectivity index (χ0) is 33.3. The number of thiazole rings is 1. The van der Waals surface area contributed by atoms with Gasteiger partial charge in [0.25, 0.3) is 0 Å². The van der Waals surface area contributed by atoms with Crippen LogP contribution in [0.3, 0.4) is 0 Å². The molecule has 246 valence electrons. The second-order valence-electron chi connectivity index (χ2n) is 12.9. The first-order valence-electron chi connectivity index (χ1n) is 16.2. The quantitative estimate of drug-likeness (QED) is 0.173. The fourth-order valence-corrected chi connectivity index (χ4v) is 11.3. The molecule has 0 radical (unpaired) electrons. The van der Waals surface area contributed by atoms with Gasteiger partial charge in [0.05, 0.1) is 41.8 Å². The molecule has 11 heteroatoms. The first-order valence-corrected chi connectivity index (χ1v) is 17.9. The number of methoxy groups -OCH3 is 1. The van der Waals surface area contributed by atoms with Gasteiger partial charge in [0.15, 0.2) is 11.5 Å². The van der Waals surface area contributed by atoms with Crippen molar-refractivity contribution in [2.24, 2.45) is 29.6 Å². The molecule has 3 aromatic carbocycles. The van der Waals surface area contributed by atoms with E-state index in [9.17, 15) is 19.2 Å². The predicted octanol–water partition coefficient (Wildman–Crippen LogP) is 6.19. The summed E-state index contributed by atoms with van der Waals surface area (Å²) in [5, 5.41) is 0.910. The minimum atomic E-state index is -0.446. The number of aromatic amines is 1. The largest absolute Gasteiger partial charge is 0.493 e. The summed E-state index contributed by atoms with van der Waals surface area (Å²) in [6, 6.07) is 20.6. The van der Waals surface area contributed by atoms with Gasteiger partial charge in [-0.25, -0.2) is 4.79 Å². The predicted molar refractivity (Wildman–Crippen MR) is 182 cm³/mol. The van der Waals surface area contributed by atoms with Crippen LogP contribution in [0.25, 0.3) is 0 Å². The van der Waals surface area contributed by atoms with Gasteiger partial charge in [-0.3, -0.25) is 19.3 Å². The number of benzene rings is 3. The van der Waals surface area contributed by atoms with Crippen molar-refractivity contribution in [3.8, 4) is 11.5 Å². The molecule has 2 saturated carbocycles. The van der Waals surface area contributed by atoms with Crippen LogP contribution in [0.15, 0.2) is 76.6 Å². The number of thioether (sulfide) groups is 1. The molecule has 4 aromatic rings. The van der Waals surface area contributed by atoms with E-state index in [4.69, 9.17) is 14.2 Å². The third kappa shape index (κ3) is 4.89. The number of esters is 1. The Morgan fingerprint density at radius 3 is 2.38 bits per heavy atom. The Labute approximate surface area is 285 Å². The molecule has 1 saturated heterocycles. The SMILES string of the molecule is CCOC(=O)c1ccc(N2C(=O)[C@H]3[C@H]4C[C@@H]([C@@H]3C2=O)[C@H]2[C@H](c3ccc(OCc5ccc(C)cc5)c(OC)c3)c3sc(=O)[nH]c3S[C@H]42)cc1. The number of aryl methyl sites for hydroxylation is 1. The lowest BCUT2D eigenvalue weighted by molar-refractivity contribution is -0.123. The number of nitrogens with one attached hydrogen (secondary N) is 1. The lowest BCUT2D eigenvalue weighted by Gasteiger charge is -2.43. The van der Waals surface area contributed by atoms with E-state index in [2.05, 4.69) is 17.1 Å². The van der Waals surface area contributed by atoms with Crippen LogP contribution in [0, 0.1) is 36.5 Å². The molecule has 3 heterocycles. The average molecular weight is 683 g/mol. The van der Waals surface area contributed by atoms with E-state index in [1.165, 1.54) is 21.8 Å². The van der Waals surface area contributed by atoms with E-state index < -0.39 is 17.8 Å². The summed E-state index contributed by atoms with van der Waals surface area (Å²) >= 11 is 2.88. The van der Waals surface area contributed by atoms with Crippen LogP contribution in [0.1, 0.15) is 51.2 Å². The molecule has 0 spiro atoms. The Kier molecular flexibility index (Phi) is 7.71. The molecule has 7 atom stereocenters. The average Bonchev–Trinajstić information content (AvgIpc) is 3.83. The van der Waals surface area contributed by atoms with Crippen molar-refractivity contribution in [3.05, 3.63) is 104 Å². The molecule has 2 aliphatic carbocycles. The van der Waals surface area contributed by atoms with Gasteiger partial charge in [-0.05, 0) is 85.5 Å². The van der Waals surface area contributed by atoms with Crippen molar-refractivity contribution in [2.45, 2.75) is 43.1 Å². The van der Waals surface area contributed by atoms with Crippen molar-refractivity contribution >= 4 is 46.6 Å². The van der Waals surface area contributed by atoms with Crippen LogP contribution >= 0.6 is 23.1 Å². The van der Waals surface area contributed by atoms with Gasteiger partial charge in [0.2, 0.25) is 11.8 Å². The molecular formula is C37H34N2O7S2. The highest BCUT2D eigenvalue weighted by molar-refractivity contribution is 8.00. The first kappa shape index (κ1) is 31.0. The second-order valence-corrected chi connectivity index (χ2v) is 15.1. The summed E-state index contributed by atoms with van der Waals surface area (Å²) in [5.41, 5.74) is 4.07. The summed E-state index contributed by atoms with van der Waals surface area (Å²) in [6.07, 6.45) is 0.787. The van der Waals surface area contributed by atoms with Crippen LogP contribution in [0.4, 0.5) is 5.69 Å². The van der Waals surface area contributed by atoms with Crippen LogP contribution in [0.5, 0.6) is 11.5 Å². The molecule has 3 fully saturated rings. The number of carbonyl (C=O) groups is 3. The number of nitrogens with zero attached hydrogens (tertiary/aromatic N) is 1. The highest BCUT2D eigenvalue weighted by Gasteiger charge is 2.69. The molecule has 0 unspecified atom stereocenters. The lowest BCUT2D eigenvalue weighted by Crippen LogP contribution is -2.42. The van der Waals surface area contributed by atoms with E-state index >= 15 is 0 Å². The van der Waals surface area contributed by atoms with Crippen LogP contribution in [-0.4, -0.2) is 41.7 Å². The van der Waals surface area contributed by atoms with Gasteiger partial charge in [-0.1, -0.05) is 47.2 Å². The van der Waals surface area contributed by atoms with Crippen molar-refractivity contribution in [2.75, 3.05) is 18.6 Å². The van der Waals surface area contributed by atoms with E-state index in [1.807, 2.05) is 37.3 Å². The first-order chi connectivity index (χ1) is 23.3. The third-order valence-corrected chi connectivity index (χ3v) is 13.0. The van der Waals surface area contributed by atoms with Crippen LogP contribution in [-0.2, 0) is 20.9 Å². The molecule has 2 amide bonds. The summed E-state index contributed by atoms with van der Waals surface area (Å²) in [6.45, 7) is 4.45. The van der Waals surface area contributed by atoms with Gasteiger partial charge in [-0.15, -0.1) is 11.8 Å². The van der Waals surface area contributed by atoms with Gasteiger partial charge < -0.3 is 19.2 Å². The molecule has 1 N–H and O–H groups in total. The zero-order valence-corrected chi connectivity index (χ0v) is 28.3. The molecule has 4 aliphatic rings. The molecule has 48 heavy (non-hydrogen) atoms. The van der Waals surface area contributed by atoms with E-state index in [-0.39, 0.29) is 52.2 Å². The summed E-state index contributed by atoms with van der Waals surface area (Å²) in [7, 11) is 1.62. The fourth-order valence-electron chi connectivity index (χ4n) is 8.45. The number of H-pyrrole nitrogens is 1. The minimum absolute atomic E-state index is 0.00619. The van der Waals surface area contributed by atoms with Gasteiger partial charge in [0, 0.05) is 16.0 Å². The standard InChI is InChI=1S/C37H34N2O7S2/c1-4-45-36(42)20-9-12-22(13-10-20)39-34(40)29-23-16-24(30(29)35(39)41)31-28(23)27(32-33(47-31)38-37(43)48-32)21-11-14-25(26(15-21)44-3)46-17-19-7-5-18(2)6-8-19/h5-15,23-24,27-31H,4,16-17H2,1-3H3,(H,38,43)/t23-,24-,27+,28+,29+,30+,31-/m1/s1. The maximum atomic E-state index is 14.1. The van der Waals surface area contributed by atoms with Crippen LogP contribution < -0.4 is 19.2 Å². The zero-order valence-electron chi connectivity index (χ0n) is 26.6. The fraction of sp³-hybridized carbons (Fsp3) is 0.351. The van der Waals surface area contributed by atoms with E-state index in [0.29, 0.717) is 29.4 Å². The molecular weight excluding hydrogens is 649 g/mol. The summed E-state index contributed by atoms with van der Waals surface area (Å²) in [4.78, 5) is 58.3. The van der Waals surface area contributed by atoms with Crippen molar-refractivity contribution in [1.29, 1.82) is 0 Å². The Bertz CT molecular complexity index is 1990. The highest BCUT2D eigenvalue weighted by Crippen LogP contribution is 2.68. The van der Waals surface area contributed by atoms with Gasteiger partial charge in [0.1, 0.15) is 6.61 Å². The number of ether oxygens (including phenoxy) is 3. The summed E-state index contributed by atoms with van der Waals surface area (Å²) < 4.78 is 17.1. The van der Waals surface area contributed by atoms with Gasteiger partial charge in [-0.2, -0.15) is 0 Å². The number of anilines is 1. The minimum Gasteiger partial charge on any atom is -0.493 e. The maximum absolute atomic E-state index is 14.1. The van der Waals surface area contributed by atoms with Crippen molar-refractivity contribution < 1.29 is 28.6 Å². The van der Waals surface area contributed by atoms with Crippen LogP contribution in [0.2, 0.25) is 0 Å². The number of rotatable bonds is 8. The Hall–Kier alpha value is -4.35. The maximum Gasteiger partial charge on any atom is 0.338 e. The number of fused-ring (bicyclic) bond motifs is 9. The van der Waals surface area contributed by atoms with Crippen molar-refractivity contribution in [1.82, 2.24) is 4.98 Å². The molecule has 1 aromatic heterocycles. The smallest absolute Gasteiger partial charge is 0.338 e.